The Morgan fingerprint density at radius 3 is 2.43 bits per heavy atom. The lowest BCUT2D eigenvalue weighted by molar-refractivity contribution is -0.139. The number of hydrogen-bond donors (Lipinski definition) is 2. The van der Waals surface area contributed by atoms with Crippen LogP contribution in [0.15, 0.2) is 53.4 Å². The number of nitrogens with zero attached hydrogens (tertiary/aromatic N) is 1. The van der Waals surface area contributed by atoms with Crippen molar-refractivity contribution in [1.29, 1.82) is 0 Å². The SMILES string of the molecule is Cc1ccc(S(=O)(=O)N2CCCC2CNC(=O)C(=O)NCc2ccccc2F)cc1. The maximum atomic E-state index is 13.6. The van der Waals surface area contributed by atoms with E-state index in [0.29, 0.717) is 19.4 Å². The average molecular weight is 434 g/mol. The maximum Gasteiger partial charge on any atom is 0.309 e. The molecule has 3 rings (SSSR count). The molecular weight excluding hydrogens is 409 g/mol. The molecule has 0 aromatic heterocycles. The number of amides is 2. The van der Waals surface area contributed by atoms with Crippen molar-refractivity contribution in [2.75, 3.05) is 13.1 Å². The van der Waals surface area contributed by atoms with Gasteiger partial charge in [0.1, 0.15) is 5.82 Å². The quantitative estimate of drug-likeness (QED) is 0.678. The molecule has 7 nitrogen and oxygen atoms in total. The minimum absolute atomic E-state index is 0.0248. The van der Waals surface area contributed by atoms with Gasteiger partial charge in [-0.25, -0.2) is 12.8 Å². The Hall–Kier alpha value is -2.78. The van der Waals surface area contributed by atoms with Gasteiger partial charge in [0, 0.05) is 31.2 Å². The monoisotopic (exact) mass is 433 g/mol. The molecule has 2 N–H and O–H groups in total. The van der Waals surface area contributed by atoms with E-state index in [2.05, 4.69) is 10.6 Å². The lowest BCUT2D eigenvalue weighted by Crippen LogP contribution is -2.46. The Labute approximate surface area is 175 Å². The van der Waals surface area contributed by atoms with Crippen molar-refractivity contribution < 1.29 is 22.4 Å². The lowest BCUT2D eigenvalue weighted by Gasteiger charge is -2.24. The molecule has 1 aliphatic rings. The van der Waals surface area contributed by atoms with Crippen molar-refractivity contribution >= 4 is 21.8 Å². The van der Waals surface area contributed by atoms with Crippen LogP contribution in [-0.2, 0) is 26.2 Å². The zero-order valence-electron chi connectivity index (χ0n) is 16.6. The van der Waals surface area contributed by atoms with Crippen LogP contribution >= 0.6 is 0 Å². The molecule has 1 saturated heterocycles. The fraction of sp³-hybridized carbons (Fsp3) is 0.333. The third kappa shape index (κ3) is 5.03. The van der Waals surface area contributed by atoms with E-state index >= 15 is 0 Å². The molecule has 1 heterocycles. The van der Waals surface area contributed by atoms with Crippen molar-refractivity contribution in [2.45, 2.75) is 37.2 Å². The highest BCUT2D eigenvalue weighted by Gasteiger charge is 2.35. The van der Waals surface area contributed by atoms with Gasteiger partial charge in [-0.1, -0.05) is 35.9 Å². The van der Waals surface area contributed by atoms with Crippen LogP contribution in [0.3, 0.4) is 0 Å². The predicted octanol–water partition coefficient (Wildman–Crippen LogP) is 1.72. The fourth-order valence-electron chi connectivity index (χ4n) is 3.36. The van der Waals surface area contributed by atoms with Crippen LogP contribution in [0.5, 0.6) is 0 Å². The number of halogens is 1. The van der Waals surface area contributed by atoms with Gasteiger partial charge in [0.25, 0.3) is 0 Å². The summed E-state index contributed by atoms with van der Waals surface area (Å²) in [5.41, 5.74) is 1.23. The van der Waals surface area contributed by atoms with E-state index in [4.69, 9.17) is 0 Å². The molecule has 0 bridgehead atoms. The number of hydrogen-bond acceptors (Lipinski definition) is 4. The molecule has 0 aliphatic carbocycles. The molecule has 2 aromatic rings. The lowest BCUT2D eigenvalue weighted by atomic mass is 10.2. The molecule has 1 aliphatic heterocycles. The van der Waals surface area contributed by atoms with E-state index in [0.717, 1.165) is 5.56 Å². The minimum atomic E-state index is -3.68. The summed E-state index contributed by atoms with van der Waals surface area (Å²) in [6, 6.07) is 12.1. The summed E-state index contributed by atoms with van der Waals surface area (Å²) in [6.45, 7) is 2.14. The first-order valence-corrected chi connectivity index (χ1v) is 11.1. The Balaban J connectivity index is 1.56. The zero-order chi connectivity index (χ0) is 21.7. The number of carbonyl (C=O) groups excluding carboxylic acids is 2. The molecule has 1 atom stereocenters. The van der Waals surface area contributed by atoms with E-state index in [1.807, 2.05) is 6.92 Å². The third-order valence-corrected chi connectivity index (χ3v) is 7.02. The highest BCUT2D eigenvalue weighted by atomic mass is 32.2. The molecule has 2 amide bonds. The van der Waals surface area contributed by atoms with Crippen molar-refractivity contribution in [1.82, 2.24) is 14.9 Å². The largest absolute Gasteiger partial charge is 0.346 e. The molecular formula is C21H24FN3O4S. The molecule has 0 spiro atoms. The standard InChI is InChI=1S/C21H24FN3O4S/c1-15-8-10-18(11-9-15)30(28,29)25-12-4-6-17(25)14-24-21(27)20(26)23-13-16-5-2-3-7-19(16)22/h2-3,5,7-11,17H,4,6,12-14H2,1H3,(H,23,26)(H,24,27). The predicted molar refractivity (Wildman–Crippen MR) is 109 cm³/mol. The normalized spacial score (nSPS) is 16.9. The number of nitrogens with one attached hydrogen (secondary N) is 2. The van der Waals surface area contributed by atoms with E-state index in [1.165, 1.54) is 22.5 Å². The van der Waals surface area contributed by atoms with Crippen molar-refractivity contribution in [3.63, 3.8) is 0 Å². The van der Waals surface area contributed by atoms with Crippen LogP contribution in [0, 0.1) is 12.7 Å². The zero-order valence-corrected chi connectivity index (χ0v) is 17.4. The Kier molecular flexibility index (Phi) is 6.84. The molecule has 2 aromatic carbocycles. The molecule has 1 fully saturated rings. The first-order valence-electron chi connectivity index (χ1n) is 9.67. The van der Waals surface area contributed by atoms with Gasteiger partial charge >= 0.3 is 11.8 Å². The van der Waals surface area contributed by atoms with Gasteiger partial charge in [-0.15, -0.1) is 0 Å². The number of aryl methyl sites for hydroxylation is 1. The Morgan fingerprint density at radius 1 is 1.07 bits per heavy atom. The second kappa shape index (κ2) is 9.36. The summed E-state index contributed by atoms with van der Waals surface area (Å²) in [7, 11) is -3.68. The van der Waals surface area contributed by atoms with Crippen LogP contribution in [0.25, 0.3) is 0 Å². The van der Waals surface area contributed by atoms with Gasteiger partial charge in [-0.05, 0) is 38.0 Å². The first kappa shape index (κ1) is 21.9. The third-order valence-electron chi connectivity index (χ3n) is 5.05. The van der Waals surface area contributed by atoms with Crippen molar-refractivity contribution in [3.8, 4) is 0 Å². The van der Waals surface area contributed by atoms with E-state index < -0.39 is 33.7 Å². The van der Waals surface area contributed by atoms with Crippen LogP contribution in [0.1, 0.15) is 24.0 Å². The van der Waals surface area contributed by atoms with Crippen molar-refractivity contribution in [2.24, 2.45) is 0 Å². The second-order valence-corrected chi connectivity index (χ2v) is 9.10. The van der Waals surface area contributed by atoms with Crippen LogP contribution in [0.2, 0.25) is 0 Å². The van der Waals surface area contributed by atoms with Gasteiger partial charge in [-0.3, -0.25) is 9.59 Å². The second-order valence-electron chi connectivity index (χ2n) is 7.21. The number of carbonyl (C=O) groups is 2. The summed E-state index contributed by atoms with van der Waals surface area (Å²) in [6.07, 6.45) is 1.26. The average Bonchev–Trinajstić information content (AvgIpc) is 3.21. The highest BCUT2D eigenvalue weighted by molar-refractivity contribution is 7.89. The molecule has 0 radical (unpaired) electrons. The highest BCUT2D eigenvalue weighted by Crippen LogP contribution is 2.25. The summed E-state index contributed by atoms with van der Waals surface area (Å²) < 4.78 is 40.8. The summed E-state index contributed by atoms with van der Waals surface area (Å²) in [5.74, 6) is -2.25. The van der Waals surface area contributed by atoms with Gasteiger partial charge in [-0.2, -0.15) is 4.31 Å². The number of sulfonamides is 1. The molecule has 1 unspecified atom stereocenters. The Bertz CT molecular complexity index is 1020. The van der Waals surface area contributed by atoms with Gasteiger partial charge in [0.2, 0.25) is 10.0 Å². The maximum absolute atomic E-state index is 13.6. The van der Waals surface area contributed by atoms with Crippen LogP contribution in [-0.4, -0.2) is 43.7 Å². The fourth-order valence-corrected chi connectivity index (χ4v) is 5.06. The van der Waals surface area contributed by atoms with Crippen molar-refractivity contribution in [3.05, 3.63) is 65.5 Å². The summed E-state index contributed by atoms with van der Waals surface area (Å²) in [4.78, 5) is 24.3. The van der Waals surface area contributed by atoms with E-state index in [-0.39, 0.29) is 23.5 Å². The van der Waals surface area contributed by atoms with Gasteiger partial charge in [0.05, 0.1) is 4.90 Å². The van der Waals surface area contributed by atoms with Gasteiger partial charge in [0.15, 0.2) is 0 Å². The Morgan fingerprint density at radius 2 is 1.73 bits per heavy atom. The number of benzene rings is 2. The number of rotatable bonds is 6. The topological polar surface area (TPSA) is 95.6 Å². The molecule has 160 valence electrons. The molecule has 0 saturated carbocycles. The first-order chi connectivity index (χ1) is 14.3. The minimum Gasteiger partial charge on any atom is -0.346 e. The molecule has 9 heteroatoms. The van der Waals surface area contributed by atoms with Crippen LogP contribution < -0.4 is 10.6 Å². The van der Waals surface area contributed by atoms with E-state index in [9.17, 15) is 22.4 Å². The smallest absolute Gasteiger partial charge is 0.309 e. The summed E-state index contributed by atoms with van der Waals surface area (Å²) in [5, 5.41) is 4.85. The van der Waals surface area contributed by atoms with Gasteiger partial charge < -0.3 is 10.6 Å². The summed E-state index contributed by atoms with van der Waals surface area (Å²) >= 11 is 0. The van der Waals surface area contributed by atoms with E-state index in [1.54, 1.807) is 30.3 Å². The van der Waals surface area contributed by atoms with Crippen LogP contribution in [0.4, 0.5) is 4.39 Å². The molecule has 30 heavy (non-hydrogen) atoms.